The number of benzene rings is 2. The molecule has 6 nitrogen and oxygen atoms in total. The van der Waals surface area contributed by atoms with Crippen molar-refractivity contribution in [3.8, 4) is 11.4 Å². The summed E-state index contributed by atoms with van der Waals surface area (Å²) >= 11 is 0. The zero-order valence-corrected chi connectivity index (χ0v) is 18.1. The lowest BCUT2D eigenvalue weighted by Crippen LogP contribution is -2.34. The quantitative estimate of drug-likeness (QED) is 0.630. The second-order valence-corrected chi connectivity index (χ2v) is 8.65. The number of hydrogen-bond donors (Lipinski definition) is 0. The van der Waals surface area contributed by atoms with Crippen LogP contribution in [-0.4, -0.2) is 45.7 Å². The van der Waals surface area contributed by atoms with Gasteiger partial charge in [-0.1, -0.05) is 42.5 Å². The molecular formula is C25H29N5O. The van der Waals surface area contributed by atoms with Crippen molar-refractivity contribution in [3.05, 3.63) is 66.0 Å². The van der Waals surface area contributed by atoms with Crippen LogP contribution in [0.5, 0.6) is 0 Å². The van der Waals surface area contributed by atoms with Crippen molar-refractivity contribution < 1.29 is 4.79 Å². The highest BCUT2D eigenvalue weighted by Gasteiger charge is 2.32. The highest BCUT2D eigenvalue weighted by Crippen LogP contribution is 2.31. The van der Waals surface area contributed by atoms with Crippen LogP contribution in [-0.2, 0) is 17.9 Å². The number of aromatic nitrogens is 3. The number of likely N-dealkylation sites (N-methyl/N-ethyl adjacent to an activating group) is 1. The maximum atomic E-state index is 13.3. The van der Waals surface area contributed by atoms with Gasteiger partial charge in [-0.2, -0.15) is 0 Å². The Kier molecular flexibility index (Phi) is 5.45. The van der Waals surface area contributed by atoms with E-state index in [1.165, 1.54) is 18.5 Å². The Morgan fingerprint density at radius 2 is 1.71 bits per heavy atom. The van der Waals surface area contributed by atoms with Crippen molar-refractivity contribution in [2.45, 2.75) is 44.7 Å². The molecule has 2 aromatic carbocycles. The Morgan fingerprint density at radius 1 is 0.968 bits per heavy atom. The monoisotopic (exact) mass is 415 g/mol. The topological polar surface area (TPSA) is 54.3 Å². The Morgan fingerprint density at radius 3 is 2.45 bits per heavy atom. The van der Waals surface area contributed by atoms with Crippen molar-refractivity contribution in [1.29, 1.82) is 0 Å². The molecule has 1 saturated heterocycles. The second kappa shape index (κ2) is 8.53. The van der Waals surface area contributed by atoms with Gasteiger partial charge in [0, 0.05) is 44.5 Å². The van der Waals surface area contributed by atoms with Crippen molar-refractivity contribution in [2.75, 3.05) is 25.0 Å². The summed E-state index contributed by atoms with van der Waals surface area (Å²) in [6.07, 6.45) is 4.33. The fourth-order valence-corrected chi connectivity index (χ4v) is 4.82. The number of rotatable bonds is 5. The molecule has 1 unspecified atom stereocenters. The lowest BCUT2D eigenvalue weighted by atomic mass is 9.97. The minimum atomic E-state index is -0.229. The van der Waals surface area contributed by atoms with Gasteiger partial charge in [0.15, 0.2) is 5.82 Å². The standard InChI is InChI=1S/C25H29N5O/c1-28(18-19-11-13-21(14-12-19)29-15-5-6-16-29)25(31)22-10-7-17-30-23(26-27-24(22)30)20-8-3-2-4-9-20/h2-4,8-9,11-14,22H,5-7,10,15-18H2,1H3. The van der Waals surface area contributed by atoms with Crippen LogP contribution in [0.15, 0.2) is 54.6 Å². The van der Waals surface area contributed by atoms with Crippen LogP contribution in [0.1, 0.15) is 43.0 Å². The van der Waals surface area contributed by atoms with Crippen molar-refractivity contribution in [1.82, 2.24) is 19.7 Å². The van der Waals surface area contributed by atoms with E-state index < -0.39 is 0 Å². The summed E-state index contributed by atoms with van der Waals surface area (Å²) in [6.45, 7) is 3.75. The summed E-state index contributed by atoms with van der Waals surface area (Å²) in [5.41, 5.74) is 3.48. The van der Waals surface area contributed by atoms with E-state index >= 15 is 0 Å². The molecule has 0 radical (unpaired) electrons. The smallest absolute Gasteiger partial charge is 0.233 e. The first-order chi connectivity index (χ1) is 15.2. The van der Waals surface area contributed by atoms with Crippen molar-refractivity contribution in [3.63, 3.8) is 0 Å². The zero-order valence-electron chi connectivity index (χ0n) is 18.1. The van der Waals surface area contributed by atoms with E-state index in [9.17, 15) is 4.79 Å². The van der Waals surface area contributed by atoms with E-state index in [0.29, 0.717) is 6.54 Å². The van der Waals surface area contributed by atoms with E-state index in [-0.39, 0.29) is 11.8 Å². The summed E-state index contributed by atoms with van der Waals surface area (Å²) in [7, 11) is 1.89. The molecule has 1 amide bonds. The van der Waals surface area contributed by atoms with Gasteiger partial charge in [0.2, 0.25) is 5.91 Å². The first kappa shape index (κ1) is 19.8. The number of anilines is 1. The van der Waals surface area contributed by atoms with Crippen molar-refractivity contribution in [2.24, 2.45) is 0 Å². The molecule has 1 atom stereocenters. The second-order valence-electron chi connectivity index (χ2n) is 8.65. The van der Waals surface area contributed by atoms with E-state index in [4.69, 9.17) is 0 Å². The van der Waals surface area contributed by atoms with E-state index in [1.807, 2.05) is 42.3 Å². The molecule has 3 aromatic rings. The van der Waals surface area contributed by atoms with Crippen molar-refractivity contribution >= 4 is 11.6 Å². The number of carbonyl (C=O) groups excluding carboxylic acids is 1. The Labute approximate surface area is 183 Å². The number of hydrogen-bond acceptors (Lipinski definition) is 4. The minimum absolute atomic E-state index is 0.122. The normalized spacial score (nSPS) is 18.1. The Hall–Kier alpha value is -3.15. The largest absolute Gasteiger partial charge is 0.372 e. The number of amides is 1. The van der Waals surface area contributed by atoms with Crippen LogP contribution in [0.25, 0.3) is 11.4 Å². The highest BCUT2D eigenvalue weighted by molar-refractivity contribution is 5.83. The molecule has 160 valence electrons. The molecule has 1 fully saturated rings. The van der Waals surface area contributed by atoms with Gasteiger partial charge < -0.3 is 14.4 Å². The summed E-state index contributed by atoms with van der Waals surface area (Å²) in [5, 5.41) is 8.87. The van der Waals surface area contributed by atoms with Gasteiger partial charge in [-0.15, -0.1) is 10.2 Å². The molecule has 6 heteroatoms. The lowest BCUT2D eigenvalue weighted by Gasteiger charge is -2.27. The van der Waals surface area contributed by atoms with Gasteiger partial charge in [0.25, 0.3) is 0 Å². The first-order valence-corrected chi connectivity index (χ1v) is 11.3. The van der Waals surface area contributed by atoms with Gasteiger partial charge in [-0.05, 0) is 43.4 Å². The van der Waals surface area contributed by atoms with E-state index in [0.717, 1.165) is 55.3 Å². The number of fused-ring (bicyclic) bond motifs is 1. The Balaban J connectivity index is 1.30. The summed E-state index contributed by atoms with van der Waals surface area (Å²) < 4.78 is 2.13. The third-order valence-electron chi connectivity index (χ3n) is 6.50. The average Bonchev–Trinajstić information content (AvgIpc) is 3.50. The summed E-state index contributed by atoms with van der Waals surface area (Å²) in [4.78, 5) is 17.6. The molecule has 2 aliphatic rings. The lowest BCUT2D eigenvalue weighted by molar-refractivity contribution is -0.132. The fraction of sp³-hybridized carbons (Fsp3) is 0.400. The number of nitrogens with zero attached hydrogens (tertiary/aromatic N) is 5. The van der Waals surface area contributed by atoms with Crippen LogP contribution in [0.3, 0.4) is 0 Å². The molecule has 0 bridgehead atoms. The molecule has 2 aliphatic heterocycles. The molecule has 1 aromatic heterocycles. The zero-order chi connectivity index (χ0) is 21.2. The Bertz CT molecular complexity index is 1040. The molecule has 0 saturated carbocycles. The van der Waals surface area contributed by atoms with Crippen LogP contribution in [0.4, 0.5) is 5.69 Å². The molecule has 0 aliphatic carbocycles. The van der Waals surface area contributed by atoms with Gasteiger partial charge in [-0.25, -0.2) is 0 Å². The molecule has 31 heavy (non-hydrogen) atoms. The van der Waals surface area contributed by atoms with E-state index in [1.54, 1.807) is 0 Å². The van der Waals surface area contributed by atoms with Gasteiger partial charge in [-0.3, -0.25) is 4.79 Å². The maximum Gasteiger partial charge on any atom is 0.233 e. The first-order valence-electron chi connectivity index (χ1n) is 11.3. The highest BCUT2D eigenvalue weighted by atomic mass is 16.2. The van der Waals surface area contributed by atoms with Gasteiger partial charge in [0.05, 0.1) is 5.92 Å². The van der Waals surface area contributed by atoms with Crippen LogP contribution in [0, 0.1) is 0 Å². The predicted molar refractivity (Wildman–Crippen MR) is 122 cm³/mol. The third-order valence-corrected chi connectivity index (χ3v) is 6.50. The molecule has 5 rings (SSSR count). The number of carbonyl (C=O) groups is 1. The summed E-state index contributed by atoms with van der Waals surface area (Å²) in [5.74, 6) is 1.55. The average molecular weight is 416 g/mol. The maximum absolute atomic E-state index is 13.3. The van der Waals surface area contributed by atoms with E-state index in [2.05, 4.69) is 43.9 Å². The molecule has 0 N–H and O–H groups in total. The van der Waals surface area contributed by atoms with Crippen LogP contribution >= 0.6 is 0 Å². The van der Waals surface area contributed by atoms with Crippen LogP contribution < -0.4 is 4.90 Å². The molecular weight excluding hydrogens is 386 g/mol. The summed E-state index contributed by atoms with van der Waals surface area (Å²) in [6, 6.07) is 18.8. The SMILES string of the molecule is CN(Cc1ccc(N2CCCC2)cc1)C(=O)C1CCCn2c(-c3ccccc3)nnc21. The molecule has 0 spiro atoms. The van der Waals surface area contributed by atoms with Crippen LogP contribution in [0.2, 0.25) is 0 Å². The fourth-order valence-electron chi connectivity index (χ4n) is 4.82. The molecule has 3 heterocycles. The minimum Gasteiger partial charge on any atom is -0.372 e. The van der Waals surface area contributed by atoms with Gasteiger partial charge >= 0.3 is 0 Å². The predicted octanol–water partition coefficient (Wildman–Crippen LogP) is 4.08. The van der Waals surface area contributed by atoms with Gasteiger partial charge in [0.1, 0.15) is 5.82 Å². The third kappa shape index (κ3) is 3.94.